The van der Waals surface area contributed by atoms with Crippen LogP contribution in [-0.4, -0.2) is 34.7 Å². The van der Waals surface area contributed by atoms with E-state index in [4.69, 9.17) is 5.11 Å². The summed E-state index contributed by atoms with van der Waals surface area (Å²) in [5.74, 6) is -1.08. The zero-order valence-electron chi connectivity index (χ0n) is 11.6. The number of anilines is 1. The van der Waals surface area contributed by atoms with Gasteiger partial charge in [-0.05, 0) is 47.2 Å². The minimum Gasteiger partial charge on any atom is -0.478 e. The predicted molar refractivity (Wildman–Crippen MR) is 88.2 cm³/mol. The molecule has 1 fully saturated rings. The molecule has 2 amide bonds. The van der Waals surface area contributed by atoms with E-state index in [1.54, 1.807) is 23.9 Å². The van der Waals surface area contributed by atoms with E-state index in [9.17, 15) is 9.59 Å². The lowest BCUT2D eigenvalue weighted by atomic mass is 9.84. The van der Waals surface area contributed by atoms with Crippen LogP contribution in [-0.2, 0) is 0 Å². The van der Waals surface area contributed by atoms with Crippen LogP contribution in [0.15, 0.2) is 22.7 Å². The smallest absolute Gasteiger partial charge is 0.337 e. The quantitative estimate of drug-likeness (QED) is 0.738. The molecule has 1 saturated carbocycles. The van der Waals surface area contributed by atoms with Gasteiger partial charge in [0.1, 0.15) is 0 Å². The third kappa shape index (κ3) is 3.71. The van der Waals surface area contributed by atoms with Crippen molar-refractivity contribution in [2.75, 3.05) is 18.1 Å². The Kier molecular flexibility index (Phi) is 5.16. The Morgan fingerprint density at radius 2 is 2.14 bits per heavy atom. The molecule has 3 N–H and O–H groups in total. The van der Waals surface area contributed by atoms with Crippen LogP contribution in [0.25, 0.3) is 0 Å². The molecule has 1 aromatic rings. The number of rotatable bonds is 5. The number of amides is 2. The van der Waals surface area contributed by atoms with Crippen molar-refractivity contribution in [1.82, 2.24) is 5.32 Å². The molecule has 0 aromatic heterocycles. The zero-order valence-corrected chi connectivity index (χ0v) is 14.0. The number of benzene rings is 1. The second-order valence-electron chi connectivity index (χ2n) is 5.02. The molecular formula is C14H17BrN2O3S. The Balaban J connectivity index is 2.01. The highest BCUT2D eigenvalue weighted by Crippen LogP contribution is 2.42. The van der Waals surface area contributed by atoms with E-state index < -0.39 is 5.97 Å². The van der Waals surface area contributed by atoms with E-state index in [1.165, 1.54) is 12.5 Å². The van der Waals surface area contributed by atoms with Crippen molar-refractivity contribution in [3.63, 3.8) is 0 Å². The number of para-hydroxylation sites is 1. The average Bonchev–Trinajstić information content (AvgIpc) is 2.40. The molecular weight excluding hydrogens is 356 g/mol. The number of carboxylic acids is 1. The fourth-order valence-corrected chi connectivity index (χ4v) is 3.63. The van der Waals surface area contributed by atoms with Crippen molar-refractivity contribution < 1.29 is 14.7 Å². The highest BCUT2D eigenvalue weighted by molar-refractivity contribution is 9.10. The Labute approximate surface area is 136 Å². The summed E-state index contributed by atoms with van der Waals surface area (Å²) in [6, 6.07) is 4.38. The van der Waals surface area contributed by atoms with Crippen molar-refractivity contribution in [2.45, 2.75) is 24.0 Å². The van der Waals surface area contributed by atoms with E-state index in [0.717, 1.165) is 12.8 Å². The first-order valence-electron chi connectivity index (χ1n) is 6.59. The Morgan fingerprint density at radius 3 is 2.67 bits per heavy atom. The molecule has 0 unspecified atom stereocenters. The number of urea groups is 1. The summed E-state index contributed by atoms with van der Waals surface area (Å²) in [4.78, 5) is 23.2. The molecule has 21 heavy (non-hydrogen) atoms. The summed E-state index contributed by atoms with van der Waals surface area (Å²) in [6.45, 7) is 0.590. The van der Waals surface area contributed by atoms with Gasteiger partial charge in [-0.2, -0.15) is 11.8 Å². The topological polar surface area (TPSA) is 78.4 Å². The van der Waals surface area contributed by atoms with Crippen LogP contribution >= 0.6 is 27.7 Å². The van der Waals surface area contributed by atoms with Gasteiger partial charge < -0.3 is 15.7 Å². The molecule has 0 heterocycles. The summed E-state index contributed by atoms with van der Waals surface area (Å²) in [5.41, 5.74) is 0.331. The second-order valence-corrected chi connectivity index (χ2v) is 7.14. The standard InChI is InChI=1S/C14H17BrN2O3S/c1-21-14(6-3-7-14)8-16-13(20)17-11-9(12(18)19)4-2-5-10(11)15/h2,4-5H,3,6-8H2,1H3,(H,18,19)(H2,16,17,20). The minimum atomic E-state index is -1.08. The third-order valence-corrected chi connectivity index (χ3v) is 5.83. The van der Waals surface area contributed by atoms with Crippen molar-refractivity contribution in [2.24, 2.45) is 0 Å². The maximum atomic E-state index is 12.0. The Hall–Kier alpha value is -1.21. The van der Waals surface area contributed by atoms with E-state index in [-0.39, 0.29) is 22.0 Å². The number of hydrogen-bond donors (Lipinski definition) is 3. The van der Waals surface area contributed by atoms with Gasteiger partial charge in [0, 0.05) is 15.8 Å². The van der Waals surface area contributed by atoms with E-state index in [0.29, 0.717) is 11.0 Å². The fraction of sp³-hybridized carbons (Fsp3) is 0.429. The van der Waals surface area contributed by atoms with Crippen LogP contribution < -0.4 is 10.6 Å². The first-order chi connectivity index (χ1) is 9.97. The number of thioether (sulfide) groups is 1. The van der Waals surface area contributed by atoms with Crippen LogP contribution in [0.3, 0.4) is 0 Å². The average molecular weight is 373 g/mol. The number of nitrogens with one attached hydrogen (secondary N) is 2. The first kappa shape index (κ1) is 16.2. The number of hydrogen-bond acceptors (Lipinski definition) is 3. The fourth-order valence-electron chi connectivity index (χ4n) is 2.25. The molecule has 0 radical (unpaired) electrons. The molecule has 0 spiro atoms. The first-order valence-corrected chi connectivity index (χ1v) is 8.61. The molecule has 0 atom stereocenters. The minimum absolute atomic E-state index is 0.0581. The molecule has 0 aliphatic heterocycles. The lowest BCUT2D eigenvalue weighted by molar-refractivity contribution is 0.0698. The molecule has 7 heteroatoms. The van der Waals surface area contributed by atoms with Gasteiger partial charge in [-0.3, -0.25) is 0 Å². The molecule has 0 bridgehead atoms. The number of aromatic carboxylic acids is 1. The van der Waals surface area contributed by atoms with Crippen molar-refractivity contribution in [1.29, 1.82) is 0 Å². The second kappa shape index (κ2) is 6.70. The SMILES string of the molecule is CSC1(CNC(=O)Nc2c(Br)cccc2C(=O)O)CCC1. The molecule has 114 valence electrons. The van der Waals surface area contributed by atoms with Crippen LogP contribution in [0.5, 0.6) is 0 Å². The summed E-state index contributed by atoms with van der Waals surface area (Å²) in [6.07, 6.45) is 5.44. The highest BCUT2D eigenvalue weighted by Gasteiger charge is 2.36. The number of carbonyl (C=O) groups is 2. The molecule has 1 aliphatic rings. The number of carbonyl (C=O) groups excluding carboxylic acids is 1. The number of halogens is 1. The summed E-state index contributed by atoms with van der Waals surface area (Å²) in [5, 5.41) is 14.6. The highest BCUT2D eigenvalue weighted by atomic mass is 79.9. The maximum absolute atomic E-state index is 12.0. The monoisotopic (exact) mass is 372 g/mol. The molecule has 1 aromatic carbocycles. The van der Waals surface area contributed by atoms with Gasteiger partial charge in [-0.15, -0.1) is 0 Å². The zero-order chi connectivity index (χ0) is 15.5. The maximum Gasteiger partial charge on any atom is 0.337 e. The van der Waals surface area contributed by atoms with Crippen LogP contribution in [0.2, 0.25) is 0 Å². The van der Waals surface area contributed by atoms with Gasteiger partial charge in [0.15, 0.2) is 0 Å². The van der Waals surface area contributed by atoms with Gasteiger partial charge >= 0.3 is 12.0 Å². The molecule has 2 rings (SSSR count). The van der Waals surface area contributed by atoms with Crippen molar-refractivity contribution in [3.05, 3.63) is 28.2 Å². The largest absolute Gasteiger partial charge is 0.478 e. The number of carboxylic acid groups (broad SMARTS) is 1. The normalized spacial score (nSPS) is 15.9. The van der Waals surface area contributed by atoms with Gasteiger partial charge in [0.2, 0.25) is 0 Å². The van der Waals surface area contributed by atoms with E-state index >= 15 is 0 Å². The van der Waals surface area contributed by atoms with Crippen LogP contribution in [0.1, 0.15) is 29.6 Å². The van der Waals surface area contributed by atoms with Crippen molar-refractivity contribution >= 4 is 45.4 Å². The van der Waals surface area contributed by atoms with Crippen molar-refractivity contribution in [3.8, 4) is 0 Å². The predicted octanol–water partition coefficient (Wildman–Crippen LogP) is 3.55. The van der Waals surface area contributed by atoms with E-state index in [1.807, 2.05) is 0 Å². The van der Waals surface area contributed by atoms with Gasteiger partial charge in [0.05, 0.1) is 11.3 Å². The van der Waals surface area contributed by atoms with Gasteiger partial charge in [-0.1, -0.05) is 12.5 Å². The van der Waals surface area contributed by atoms with E-state index in [2.05, 4.69) is 32.8 Å². The Morgan fingerprint density at radius 1 is 1.43 bits per heavy atom. The molecule has 1 aliphatic carbocycles. The molecule has 0 saturated heterocycles. The lowest BCUT2D eigenvalue weighted by Gasteiger charge is -2.40. The third-order valence-electron chi connectivity index (χ3n) is 3.75. The van der Waals surface area contributed by atoms with Gasteiger partial charge in [0.25, 0.3) is 0 Å². The summed E-state index contributed by atoms with van der Waals surface area (Å²) >= 11 is 5.04. The lowest BCUT2D eigenvalue weighted by Crippen LogP contribution is -2.46. The van der Waals surface area contributed by atoms with Crippen LogP contribution in [0.4, 0.5) is 10.5 Å². The van der Waals surface area contributed by atoms with Gasteiger partial charge in [-0.25, -0.2) is 9.59 Å². The summed E-state index contributed by atoms with van der Waals surface area (Å²) in [7, 11) is 0. The summed E-state index contributed by atoms with van der Waals surface area (Å²) < 4.78 is 0.682. The molecule has 5 nitrogen and oxygen atoms in total. The van der Waals surface area contributed by atoms with Crippen LogP contribution in [0, 0.1) is 0 Å². The Bertz CT molecular complexity index is 556.